The van der Waals surface area contributed by atoms with E-state index in [1.807, 2.05) is 0 Å². The number of hydroxylamine groups is 1. The van der Waals surface area contributed by atoms with Crippen molar-refractivity contribution >= 4 is 5.91 Å². The van der Waals surface area contributed by atoms with E-state index >= 15 is 0 Å². The first kappa shape index (κ1) is 12.8. The van der Waals surface area contributed by atoms with Crippen molar-refractivity contribution in [1.82, 2.24) is 15.3 Å². The van der Waals surface area contributed by atoms with Gasteiger partial charge in [-0.2, -0.15) is 5.10 Å². The summed E-state index contributed by atoms with van der Waals surface area (Å²) in [4.78, 5) is 16.6. The molecule has 0 saturated heterocycles. The van der Waals surface area contributed by atoms with E-state index in [1.165, 1.54) is 19.2 Å². The lowest BCUT2D eigenvalue weighted by Gasteiger charge is -2.05. The molecule has 2 aromatic rings. The van der Waals surface area contributed by atoms with E-state index in [-0.39, 0.29) is 11.7 Å². The van der Waals surface area contributed by atoms with Crippen LogP contribution in [-0.2, 0) is 17.7 Å². The molecule has 1 aliphatic rings. The minimum Gasteiger partial charge on any atom is -0.277 e. The second-order valence-corrected chi connectivity index (χ2v) is 4.65. The van der Waals surface area contributed by atoms with Crippen LogP contribution in [0.1, 0.15) is 28.2 Å². The van der Waals surface area contributed by atoms with Crippen molar-refractivity contribution in [2.75, 3.05) is 7.11 Å². The van der Waals surface area contributed by atoms with Gasteiger partial charge in [0, 0.05) is 11.3 Å². The standard InChI is InChI=1S/C14H14FN3O2/c1-20-17-14(19)13-11-3-2-4-12(11)18(16-13)10-7-5-9(15)6-8-10/h5-8H,2-4H2,1H3,(H,17,19). The number of carbonyl (C=O) groups is 1. The van der Waals surface area contributed by atoms with Crippen LogP contribution in [0.25, 0.3) is 5.69 Å². The predicted octanol–water partition coefficient (Wildman–Crippen LogP) is 1.79. The van der Waals surface area contributed by atoms with Gasteiger partial charge in [0.05, 0.1) is 12.8 Å². The summed E-state index contributed by atoms with van der Waals surface area (Å²) < 4.78 is 14.7. The van der Waals surface area contributed by atoms with Crippen LogP contribution >= 0.6 is 0 Å². The summed E-state index contributed by atoms with van der Waals surface area (Å²) in [6.45, 7) is 0. The minimum atomic E-state index is -0.355. The zero-order valence-electron chi connectivity index (χ0n) is 11.0. The Kier molecular flexibility index (Phi) is 3.23. The van der Waals surface area contributed by atoms with Crippen LogP contribution in [0.2, 0.25) is 0 Å². The minimum absolute atomic E-state index is 0.296. The maximum absolute atomic E-state index is 13.0. The first-order valence-electron chi connectivity index (χ1n) is 6.40. The number of fused-ring (bicyclic) bond motifs is 1. The van der Waals surface area contributed by atoms with E-state index in [1.54, 1.807) is 16.8 Å². The largest absolute Gasteiger partial charge is 0.295 e. The number of nitrogens with one attached hydrogen (secondary N) is 1. The molecule has 0 saturated carbocycles. The summed E-state index contributed by atoms with van der Waals surface area (Å²) in [7, 11) is 1.38. The fraction of sp³-hybridized carbons (Fsp3) is 0.286. The zero-order chi connectivity index (χ0) is 14.1. The molecular formula is C14H14FN3O2. The lowest BCUT2D eigenvalue weighted by Crippen LogP contribution is -2.23. The van der Waals surface area contributed by atoms with E-state index in [0.29, 0.717) is 5.69 Å². The van der Waals surface area contributed by atoms with E-state index in [0.717, 1.165) is 36.2 Å². The van der Waals surface area contributed by atoms with Gasteiger partial charge >= 0.3 is 0 Å². The Balaban J connectivity index is 2.06. The molecule has 1 heterocycles. The van der Waals surface area contributed by atoms with Crippen LogP contribution in [0, 0.1) is 5.82 Å². The highest BCUT2D eigenvalue weighted by molar-refractivity contribution is 5.93. The smallest absolute Gasteiger partial charge is 0.277 e. The van der Waals surface area contributed by atoms with Crippen LogP contribution in [0.15, 0.2) is 24.3 Å². The quantitative estimate of drug-likeness (QED) is 0.869. The Labute approximate surface area is 115 Å². The molecule has 3 rings (SSSR count). The lowest BCUT2D eigenvalue weighted by molar-refractivity contribution is 0.0531. The van der Waals surface area contributed by atoms with Crippen molar-refractivity contribution in [2.45, 2.75) is 19.3 Å². The van der Waals surface area contributed by atoms with Crippen LogP contribution in [0.3, 0.4) is 0 Å². The van der Waals surface area contributed by atoms with E-state index in [9.17, 15) is 9.18 Å². The molecule has 104 valence electrons. The molecule has 0 unspecified atom stereocenters. The number of rotatable bonds is 3. The normalized spacial score (nSPS) is 13.3. The fourth-order valence-electron chi connectivity index (χ4n) is 2.56. The molecule has 1 N–H and O–H groups in total. The number of nitrogens with zero attached hydrogens (tertiary/aromatic N) is 2. The summed E-state index contributed by atoms with van der Waals surface area (Å²) >= 11 is 0. The van der Waals surface area contributed by atoms with Gasteiger partial charge in [-0.05, 0) is 43.5 Å². The molecule has 0 bridgehead atoms. The number of hydrogen-bond donors (Lipinski definition) is 1. The van der Waals surface area contributed by atoms with Gasteiger partial charge in [-0.15, -0.1) is 0 Å². The highest BCUT2D eigenvalue weighted by Crippen LogP contribution is 2.27. The third kappa shape index (κ3) is 2.08. The lowest BCUT2D eigenvalue weighted by atomic mass is 10.2. The van der Waals surface area contributed by atoms with Crippen LogP contribution in [0.4, 0.5) is 4.39 Å². The molecular weight excluding hydrogens is 261 g/mol. The molecule has 0 atom stereocenters. The van der Waals surface area contributed by atoms with Gasteiger partial charge in [0.25, 0.3) is 5.91 Å². The van der Waals surface area contributed by atoms with Gasteiger partial charge in [0.2, 0.25) is 0 Å². The number of carbonyl (C=O) groups excluding carboxylic acids is 1. The summed E-state index contributed by atoms with van der Waals surface area (Å²) in [6.07, 6.45) is 2.67. The SMILES string of the molecule is CONC(=O)c1nn(-c2ccc(F)cc2)c2c1CCC2. The molecule has 1 aromatic carbocycles. The van der Waals surface area contributed by atoms with Gasteiger partial charge in [-0.3, -0.25) is 9.63 Å². The summed E-state index contributed by atoms with van der Waals surface area (Å²) in [6, 6.07) is 6.07. The first-order valence-corrected chi connectivity index (χ1v) is 6.40. The van der Waals surface area contributed by atoms with Crippen molar-refractivity contribution in [1.29, 1.82) is 0 Å². The molecule has 0 radical (unpaired) electrons. The Bertz CT molecular complexity index is 649. The molecule has 6 heteroatoms. The van der Waals surface area contributed by atoms with Crippen molar-refractivity contribution < 1.29 is 14.0 Å². The Morgan fingerprint density at radius 3 is 2.80 bits per heavy atom. The van der Waals surface area contributed by atoms with Crippen molar-refractivity contribution in [3.63, 3.8) is 0 Å². The second kappa shape index (κ2) is 5.05. The van der Waals surface area contributed by atoms with Crippen molar-refractivity contribution in [2.24, 2.45) is 0 Å². The highest BCUT2D eigenvalue weighted by atomic mass is 19.1. The van der Waals surface area contributed by atoms with Crippen LogP contribution in [-0.4, -0.2) is 22.8 Å². The average Bonchev–Trinajstić information content (AvgIpc) is 3.01. The van der Waals surface area contributed by atoms with Gasteiger partial charge < -0.3 is 0 Å². The zero-order valence-corrected chi connectivity index (χ0v) is 11.0. The highest BCUT2D eigenvalue weighted by Gasteiger charge is 2.26. The van der Waals surface area contributed by atoms with Gasteiger partial charge in [-0.1, -0.05) is 0 Å². The summed E-state index contributed by atoms with van der Waals surface area (Å²) in [5.41, 5.74) is 5.38. The monoisotopic (exact) mass is 275 g/mol. The number of aromatic nitrogens is 2. The Morgan fingerprint density at radius 1 is 1.35 bits per heavy atom. The van der Waals surface area contributed by atoms with Crippen molar-refractivity contribution in [3.8, 4) is 5.69 Å². The second-order valence-electron chi connectivity index (χ2n) is 4.65. The van der Waals surface area contributed by atoms with E-state index in [2.05, 4.69) is 15.4 Å². The molecule has 0 fully saturated rings. The predicted molar refractivity (Wildman–Crippen MR) is 70.0 cm³/mol. The third-order valence-corrected chi connectivity index (χ3v) is 3.41. The topological polar surface area (TPSA) is 56.1 Å². The molecule has 0 spiro atoms. The first-order chi connectivity index (χ1) is 9.70. The molecule has 1 aromatic heterocycles. The number of halogens is 1. The van der Waals surface area contributed by atoms with Gasteiger partial charge in [0.1, 0.15) is 5.82 Å². The van der Waals surface area contributed by atoms with Crippen molar-refractivity contribution in [3.05, 3.63) is 47.0 Å². The fourth-order valence-corrected chi connectivity index (χ4v) is 2.56. The third-order valence-electron chi connectivity index (χ3n) is 3.41. The Hall–Kier alpha value is -2.21. The maximum Gasteiger partial charge on any atom is 0.295 e. The van der Waals surface area contributed by atoms with Gasteiger partial charge in [0.15, 0.2) is 5.69 Å². The Morgan fingerprint density at radius 2 is 2.10 bits per heavy atom. The molecule has 20 heavy (non-hydrogen) atoms. The molecule has 1 aliphatic carbocycles. The molecule has 1 amide bonds. The van der Waals surface area contributed by atoms with E-state index < -0.39 is 0 Å². The van der Waals surface area contributed by atoms with Gasteiger partial charge in [-0.25, -0.2) is 14.6 Å². The summed E-state index contributed by atoms with van der Waals surface area (Å²) in [5.74, 6) is -0.651. The number of amides is 1. The van der Waals surface area contributed by atoms with Crippen LogP contribution in [0.5, 0.6) is 0 Å². The molecule has 0 aliphatic heterocycles. The maximum atomic E-state index is 13.0. The average molecular weight is 275 g/mol. The van der Waals surface area contributed by atoms with E-state index in [4.69, 9.17) is 0 Å². The number of hydrogen-bond acceptors (Lipinski definition) is 3. The van der Waals surface area contributed by atoms with Crippen LogP contribution < -0.4 is 5.48 Å². The molecule has 5 nitrogen and oxygen atoms in total. The summed E-state index contributed by atoms with van der Waals surface area (Å²) in [5, 5.41) is 4.35. The number of benzene rings is 1.